The largest absolute Gasteiger partial charge is 0.324 e. The Kier molecular flexibility index (Phi) is 5.29. The molecular weight excluding hydrogens is 396 g/mol. The first-order valence-electron chi connectivity index (χ1n) is 8.98. The van der Waals surface area contributed by atoms with Gasteiger partial charge in [0.05, 0.1) is 10.6 Å². The molecule has 1 aromatic carbocycles. The molecular formula is C19H20N4O3S2. The zero-order valence-corrected chi connectivity index (χ0v) is 16.7. The smallest absolute Gasteiger partial charge is 0.246 e. The molecule has 0 atom stereocenters. The van der Waals surface area contributed by atoms with E-state index in [1.807, 2.05) is 22.9 Å². The van der Waals surface area contributed by atoms with Crippen LogP contribution in [0.2, 0.25) is 0 Å². The van der Waals surface area contributed by atoms with Gasteiger partial charge in [0.25, 0.3) is 0 Å². The van der Waals surface area contributed by atoms with Crippen LogP contribution >= 0.6 is 11.3 Å². The van der Waals surface area contributed by atoms with Gasteiger partial charge >= 0.3 is 0 Å². The second-order valence-electron chi connectivity index (χ2n) is 6.60. The summed E-state index contributed by atoms with van der Waals surface area (Å²) in [4.78, 5) is 12.6. The predicted octanol–water partition coefficient (Wildman–Crippen LogP) is 3.03. The third kappa shape index (κ3) is 4.01. The minimum absolute atomic E-state index is 0.0488. The van der Waals surface area contributed by atoms with Crippen LogP contribution in [-0.2, 0) is 21.4 Å². The van der Waals surface area contributed by atoms with E-state index in [2.05, 4.69) is 10.4 Å². The van der Waals surface area contributed by atoms with Gasteiger partial charge in [-0.25, -0.2) is 8.42 Å². The lowest BCUT2D eigenvalue weighted by Gasteiger charge is -2.16. The van der Waals surface area contributed by atoms with E-state index < -0.39 is 10.0 Å². The Morgan fingerprint density at radius 1 is 1.18 bits per heavy atom. The SMILES string of the molecule is O=C(Cn1ccc(-c2ccsc2)n1)Nc1cccc(S(=O)(=O)N2CCCC2)c1. The van der Waals surface area contributed by atoms with E-state index in [0.717, 1.165) is 24.1 Å². The Labute approximate surface area is 167 Å². The lowest BCUT2D eigenvalue weighted by atomic mass is 10.2. The molecule has 1 N–H and O–H groups in total. The molecule has 0 unspecified atom stereocenters. The van der Waals surface area contributed by atoms with Gasteiger partial charge < -0.3 is 5.32 Å². The zero-order chi connectivity index (χ0) is 19.6. The molecule has 0 spiro atoms. The Morgan fingerprint density at radius 2 is 2.00 bits per heavy atom. The number of sulfonamides is 1. The molecule has 1 saturated heterocycles. The molecule has 3 aromatic rings. The Balaban J connectivity index is 1.44. The second-order valence-corrected chi connectivity index (χ2v) is 9.32. The molecule has 2 aromatic heterocycles. The van der Waals surface area contributed by atoms with Gasteiger partial charge in [-0.05, 0) is 48.6 Å². The quantitative estimate of drug-likeness (QED) is 0.669. The van der Waals surface area contributed by atoms with E-state index in [4.69, 9.17) is 0 Å². The number of hydrogen-bond acceptors (Lipinski definition) is 5. The van der Waals surface area contributed by atoms with E-state index in [-0.39, 0.29) is 17.3 Å². The van der Waals surface area contributed by atoms with Gasteiger partial charge in [-0.2, -0.15) is 20.7 Å². The summed E-state index contributed by atoms with van der Waals surface area (Å²) in [5.74, 6) is -0.268. The maximum Gasteiger partial charge on any atom is 0.246 e. The number of anilines is 1. The van der Waals surface area contributed by atoms with Crippen LogP contribution in [0, 0.1) is 0 Å². The average Bonchev–Trinajstić information content (AvgIpc) is 3.43. The predicted molar refractivity (Wildman–Crippen MR) is 109 cm³/mol. The van der Waals surface area contributed by atoms with Crippen LogP contribution in [0.3, 0.4) is 0 Å². The lowest BCUT2D eigenvalue weighted by Crippen LogP contribution is -2.28. The van der Waals surface area contributed by atoms with E-state index in [9.17, 15) is 13.2 Å². The zero-order valence-electron chi connectivity index (χ0n) is 15.1. The van der Waals surface area contributed by atoms with Gasteiger partial charge in [0, 0.05) is 35.9 Å². The van der Waals surface area contributed by atoms with Crippen LogP contribution < -0.4 is 5.32 Å². The third-order valence-corrected chi connectivity index (χ3v) is 7.16. The van der Waals surface area contributed by atoms with Crippen molar-refractivity contribution in [3.05, 3.63) is 53.4 Å². The van der Waals surface area contributed by atoms with E-state index in [1.165, 1.54) is 10.4 Å². The van der Waals surface area contributed by atoms with E-state index >= 15 is 0 Å². The molecule has 0 bridgehead atoms. The number of benzene rings is 1. The van der Waals surface area contributed by atoms with Crippen LogP contribution in [0.15, 0.2) is 58.3 Å². The number of amides is 1. The molecule has 28 heavy (non-hydrogen) atoms. The Hall–Kier alpha value is -2.49. The first-order chi connectivity index (χ1) is 13.5. The molecule has 0 saturated carbocycles. The molecule has 1 aliphatic heterocycles. The fourth-order valence-electron chi connectivity index (χ4n) is 3.17. The van der Waals surface area contributed by atoms with Crippen molar-refractivity contribution in [3.8, 4) is 11.3 Å². The van der Waals surface area contributed by atoms with Gasteiger partial charge in [-0.15, -0.1) is 0 Å². The Bertz CT molecular complexity index is 1070. The Morgan fingerprint density at radius 3 is 2.75 bits per heavy atom. The molecule has 0 aliphatic carbocycles. The molecule has 1 fully saturated rings. The molecule has 4 rings (SSSR count). The summed E-state index contributed by atoms with van der Waals surface area (Å²) in [5.41, 5.74) is 2.28. The summed E-state index contributed by atoms with van der Waals surface area (Å²) < 4.78 is 28.4. The van der Waals surface area contributed by atoms with Crippen LogP contribution in [0.5, 0.6) is 0 Å². The topological polar surface area (TPSA) is 84.3 Å². The number of carbonyl (C=O) groups excluding carboxylic acids is 1. The van der Waals surface area contributed by atoms with Crippen molar-refractivity contribution >= 4 is 33.0 Å². The third-order valence-electron chi connectivity index (χ3n) is 4.58. The molecule has 1 amide bonds. The number of thiophene rings is 1. The summed E-state index contributed by atoms with van der Waals surface area (Å²) in [7, 11) is -3.51. The second kappa shape index (κ2) is 7.86. The highest BCUT2D eigenvalue weighted by atomic mass is 32.2. The van der Waals surface area contributed by atoms with Crippen LogP contribution in [0.1, 0.15) is 12.8 Å². The number of rotatable bonds is 6. The van der Waals surface area contributed by atoms with Crippen LogP contribution in [-0.4, -0.2) is 41.5 Å². The standard InChI is InChI=1S/C19H20N4O3S2/c24-19(13-22-10-6-18(21-22)15-7-11-27-14-15)20-16-4-3-5-17(12-16)28(25,26)23-8-1-2-9-23/h3-7,10-12,14H,1-2,8-9,13H2,(H,20,24). The lowest BCUT2D eigenvalue weighted by molar-refractivity contribution is -0.116. The van der Waals surface area contributed by atoms with Gasteiger partial charge in [-0.1, -0.05) is 6.07 Å². The minimum atomic E-state index is -3.51. The fraction of sp³-hybridized carbons (Fsp3) is 0.263. The number of aromatic nitrogens is 2. The van der Waals surface area contributed by atoms with E-state index in [0.29, 0.717) is 18.8 Å². The fourth-order valence-corrected chi connectivity index (χ4v) is 5.39. The summed E-state index contributed by atoms with van der Waals surface area (Å²) >= 11 is 1.59. The summed E-state index contributed by atoms with van der Waals surface area (Å²) in [6, 6.07) is 10.2. The molecule has 0 radical (unpaired) electrons. The normalized spacial score (nSPS) is 15.0. The summed E-state index contributed by atoms with van der Waals surface area (Å²) in [6.45, 7) is 1.14. The van der Waals surface area contributed by atoms with Crippen molar-refractivity contribution in [3.63, 3.8) is 0 Å². The molecule has 9 heteroatoms. The van der Waals surface area contributed by atoms with Gasteiger partial charge in [0.1, 0.15) is 6.54 Å². The number of hydrogen-bond donors (Lipinski definition) is 1. The molecule has 7 nitrogen and oxygen atoms in total. The first-order valence-corrected chi connectivity index (χ1v) is 11.4. The number of nitrogens with one attached hydrogen (secondary N) is 1. The minimum Gasteiger partial charge on any atom is -0.324 e. The number of nitrogens with zero attached hydrogens (tertiary/aromatic N) is 3. The van der Waals surface area contributed by atoms with Crippen molar-refractivity contribution in [1.29, 1.82) is 0 Å². The first kappa shape index (κ1) is 18.9. The van der Waals surface area contributed by atoms with Crippen molar-refractivity contribution in [2.45, 2.75) is 24.3 Å². The highest BCUT2D eigenvalue weighted by Gasteiger charge is 2.27. The van der Waals surface area contributed by atoms with Crippen molar-refractivity contribution < 1.29 is 13.2 Å². The van der Waals surface area contributed by atoms with Crippen LogP contribution in [0.4, 0.5) is 5.69 Å². The molecule has 146 valence electrons. The molecule has 3 heterocycles. The molecule has 1 aliphatic rings. The van der Waals surface area contributed by atoms with Gasteiger partial charge in [0.2, 0.25) is 15.9 Å². The van der Waals surface area contributed by atoms with E-state index in [1.54, 1.807) is 40.4 Å². The number of carbonyl (C=O) groups is 1. The van der Waals surface area contributed by atoms with Gasteiger partial charge in [0.15, 0.2) is 0 Å². The van der Waals surface area contributed by atoms with Crippen LogP contribution in [0.25, 0.3) is 11.3 Å². The van der Waals surface area contributed by atoms with Crippen molar-refractivity contribution in [2.75, 3.05) is 18.4 Å². The highest BCUT2D eigenvalue weighted by molar-refractivity contribution is 7.89. The van der Waals surface area contributed by atoms with Crippen molar-refractivity contribution in [2.24, 2.45) is 0 Å². The monoisotopic (exact) mass is 416 g/mol. The van der Waals surface area contributed by atoms with Crippen molar-refractivity contribution in [1.82, 2.24) is 14.1 Å². The highest BCUT2D eigenvalue weighted by Crippen LogP contribution is 2.23. The summed E-state index contributed by atoms with van der Waals surface area (Å²) in [6.07, 6.45) is 3.51. The maximum absolute atomic E-state index is 12.7. The maximum atomic E-state index is 12.7. The van der Waals surface area contributed by atoms with Gasteiger partial charge in [-0.3, -0.25) is 9.48 Å². The summed E-state index contributed by atoms with van der Waals surface area (Å²) in [5, 5.41) is 11.1. The average molecular weight is 417 g/mol.